The molecule has 0 aromatic heterocycles. The molecule has 1 fully saturated rings. The van der Waals surface area contributed by atoms with Crippen molar-refractivity contribution >= 4 is 17.3 Å². The zero-order valence-electron chi connectivity index (χ0n) is 10.2. The van der Waals surface area contributed by atoms with Gasteiger partial charge in [0.2, 0.25) is 0 Å². The van der Waals surface area contributed by atoms with E-state index in [1.54, 1.807) is 0 Å². The maximum atomic E-state index is 5.22. The standard InChI is InChI=1S/C12H24N2S/c1-9(2)7-13-12(15)14-8-11-6-4-5-10(11)3/h9-11H,4-8H2,1-3H3,(H2,13,14,15). The van der Waals surface area contributed by atoms with Gasteiger partial charge < -0.3 is 10.6 Å². The molecule has 0 spiro atoms. The first kappa shape index (κ1) is 12.8. The second-order valence-electron chi connectivity index (χ2n) is 5.15. The average molecular weight is 228 g/mol. The smallest absolute Gasteiger partial charge is 0.166 e. The van der Waals surface area contributed by atoms with E-state index in [0.717, 1.165) is 30.0 Å². The van der Waals surface area contributed by atoms with Gasteiger partial charge in [-0.1, -0.05) is 33.6 Å². The summed E-state index contributed by atoms with van der Waals surface area (Å²) in [7, 11) is 0. The van der Waals surface area contributed by atoms with Gasteiger partial charge in [-0.25, -0.2) is 0 Å². The van der Waals surface area contributed by atoms with Crippen LogP contribution in [0.15, 0.2) is 0 Å². The molecule has 15 heavy (non-hydrogen) atoms. The van der Waals surface area contributed by atoms with E-state index in [1.807, 2.05) is 0 Å². The van der Waals surface area contributed by atoms with Crippen LogP contribution in [0.2, 0.25) is 0 Å². The molecule has 88 valence electrons. The van der Waals surface area contributed by atoms with E-state index in [2.05, 4.69) is 31.4 Å². The number of thiocarbonyl (C=S) groups is 1. The number of hydrogen-bond donors (Lipinski definition) is 2. The molecular weight excluding hydrogens is 204 g/mol. The summed E-state index contributed by atoms with van der Waals surface area (Å²) in [5.41, 5.74) is 0. The molecule has 0 aromatic rings. The Morgan fingerprint density at radius 3 is 2.60 bits per heavy atom. The summed E-state index contributed by atoms with van der Waals surface area (Å²) in [5.74, 6) is 2.34. The second kappa shape index (κ2) is 6.31. The van der Waals surface area contributed by atoms with Crippen molar-refractivity contribution in [2.75, 3.05) is 13.1 Å². The van der Waals surface area contributed by atoms with Crippen LogP contribution in [0.5, 0.6) is 0 Å². The fourth-order valence-corrected chi connectivity index (χ4v) is 2.28. The van der Waals surface area contributed by atoms with E-state index in [1.165, 1.54) is 19.3 Å². The molecule has 0 aromatic carbocycles. The molecular formula is C12H24N2S. The van der Waals surface area contributed by atoms with E-state index in [-0.39, 0.29) is 0 Å². The van der Waals surface area contributed by atoms with Crippen molar-refractivity contribution in [3.8, 4) is 0 Å². The molecule has 1 aliphatic rings. The zero-order chi connectivity index (χ0) is 11.3. The van der Waals surface area contributed by atoms with E-state index in [4.69, 9.17) is 12.2 Å². The number of nitrogens with one attached hydrogen (secondary N) is 2. The topological polar surface area (TPSA) is 24.1 Å². The first-order valence-corrected chi connectivity index (χ1v) is 6.52. The molecule has 1 rings (SSSR count). The van der Waals surface area contributed by atoms with Gasteiger partial charge in [0.05, 0.1) is 0 Å². The van der Waals surface area contributed by atoms with Crippen molar-refractivity contribution < 1.29 is 0 Å². The maximum Gasteiger partial charge on any atom is 0.166 e. The third-order valence-corrected chi connectivity index (χ3v) is 3.52. The van der Waals surface area contributed by atoms with Gasteiger partial charge in [0.25, 0.3) is 0 Å². The molecule has 2 atom stereocenters. The number of rotatable bonds is 4. The monoisotopic (exact) mass is 228 g/mol. The van der Waals surface area contributed by atoms with E-state index in [0.29, 0.717) is 5.92 Å². The van der Waals surface area contributed by atoms with Gasteiger partial charge >= 0.3 is 0 Å². The van der Waals surface area contributed by atoms with Gasteiger partial charge in [-0.3, -0.25) is 0 Å². The Morgan fingerprint density at radius 1 is 1.33 bits per heavy atom. The molecule has 1 aliphatic carbocycles. The Morgan fingerprint density at radius 2 is 2.07 bits per heavy atom. The highest BCUT2D eigenvalue weighted by molar-refractivity contribution is 7.80. The van der Waals surface area contributed by atoms with Gasteiger partial charge in [-0.15, -0.1) is 0 Å². The summed E-state index contributed by atoms with van der Waals surface area (Å²) in [6.07, 6.45) is 4.14. The number of hydrogen-bond acceptors (Lipinski definition) is 1. The summed E-state index contributed by atoms with van der Waals surface area (Å²) >= 11 is 5.22. The Bertz CT molecular complexity index is 204. The molecule has 2 N–H and O–H groups in total. The van der Waals surface area contributed by atoms with Crippen LogP contribution >= 0.6 is 12.2 Å². The van der Waals surface area contributed by atoms with Crippen LogP contribution in [-0.4, -0.2) is 18.2 Å². The van der Waals surface area contributed by atoms with Crippen LogP contribution in [0.25, 0.3) is 0 Å². The van der Waals surface area contributed by atoms with E-state index < -0.39 is 0 Å². The minimum absolute atomic E-state index is 0.648. The Balaban J connectivity index is 2.11. The molecule has 3 heteroatoms. The minimum Gasteiger partial charge on any atom is -0.362 e. The summed E-state index contributed by atoms with van der Waals surface area (Å²) in [4.78, 5) is 0. The third kappa shape index (κ3) is 4.83. The minimum atomic E-state index is 0.648. The lowest BCUT2D eigenvalue weighted by atomic mass is 9.98. The second-order valence-corrected chi connectivity index (χ2v) is 5.56. The molecule has 0 radical (unpaired) electrons. The lowest BCUT2D eigenvalue weighted by molar-refractivity contribution is 0.414. The summed E-state index contributed by atoms with van der Waals surface area (Å²) in [5, 5.41) is 7.39. The molecule has 2 nitrogen and oxygen atoms in total. The Kier molecular flexibility index (Phi) is 5.37. The summed E-state index contributed by atoms with van der Waals surface area (Å²) < 4.78 is 0. The van der Waals surface area contributed by atoms with Crippen LogP contribution in [0.3, 0.4) is 0 Å². The van der Waals surface area contributed by atoms with Gasteiger partial charge in [0.15, 0.2) is 5.11 Å². The first-order valence-electron chi connectivity index (χ1n) is 6.11. The summed E-state index contributed by atoms with van der Waals surface area (Å²) in [6, 6.07) is 0. The lowest BCUT2D eigenvalue weighted by Crippen LogP contribution is -2.39. The Labute approximate surface area is 99.2 Å². The molecule has 0 aliphatic heterocycles. The van der Waals surface area contributed by atoms with Crippen molar-refractivity contribution in [1.82, 2.24) is 10.6 Å². The molecule has 1 saturated carbocycles. The molecule has 0 bridgehead atoms. The quantitative estimate of drug-likeness (QED) is 0.723. The van der Waals surface area contributed by atoms with Gasteiger partial charge in [-0.2, -0.15) is 0 Å². The van der Waals surface area contributed by atoms with E-state index >= 15 is 0 Å². The van der Waals surface area contributed by atoms with Crippen molar-refractivity contribution in [2.45, 2.75) is 40.0 Å². The zero-order valence-corrected chi connectivity index (χ0v) is 11.0. The largest absolute Gasteiger partial charge is 0.362 e. The van der Waals surface area contributed by atoms with Crippen LogP contribution in [0, 0.1) is 17.8 Å². The molecule has 2 unspecified atom stereocenters. The predicted octanol–water partition coefficient (Wildman–Crippen LogP) is 2.54. The van der Waals surface area contributed by atoms with Crippen molar-refractivity contribution in [2.24, 2.45) is 17.8 Å². The van der Waals surface area contributed by atoms with Crippen LogP contribution in [0.4, 0.5) is 0 Å². The molecule has 0 amide bonds. The SMILES string of the molecule is CC(C)CNC(=S)NCC1CCCC1C. The molecule has 0 heterocycles. The maximum absolute atomic E-state index is 5.22. The van der Waals surface area contributed by atoms with Crippen molar-refractivity contribution in [3.05, 3.63) is 0 Å². The highest BCUT2D eigenvalue weighted by Gasteiger charge is 2.22. The Hall–Kier alpha value is -0.310. The molecule has 0 saturated heterocycles. The van der Waals surface area contributed by atoms with Crippen LogP contribution in [0.1, 0.15) is 40.0 Å². The lowest BCUT2D eigenvalue weighted by Gasteiger charge is -2.18. The highest BCUT2D eigenvalue weighted by Crippen LogP contribution is 2.30. The predicted molar refractivity (Wildman–Crippen MR) is 69.9 cm³/mol. The normalized spacial score (nSPS) is 25.6. The van der Waals surface area contributed by atoms with Gasteiger partial charge in [-0.05, 0) is 36.4 Å². The third-order valence-electron chi connectivity index (χ3n) is 3.23. The highest BCUT2D eigenvalue weighted by atomic mass is 32.1. The van der Waals surface area contributed by atoms with Crippen molar-refractivity contribution in [3.63, 3.8) is 0 Å². The van der Waals surface area contributed by atoms with Crippen LogP contribution in [-0.2, 0) is 0 Å². The van der Waals surface area contributed by atoms with Crippen molar-refractivity contribution in [1.29, 1.82) is 0 Å². The van der Waals surface area contributed by atoms with Crippen LogP contribution < -0.4 is 10.6 Å². The van der Waals surface area contributed by atoms with Gasteiger partial charge in [0.1, 0.15) is 0 Å². The first-order chi connectivity index (χ1) is 7.09. The summed E-state index contributed by atoms with van der Waals surface area (Å²) in [6.45, 7) is 8.74. The fourth-order valence-electron chi connectivity index (χ4n) is 2.11. The fraction of sp³-hybridized carbons (Fsp3) is 0.917. The van der Waals surface area contributed by atoms with Gasteiger partial charge in [0, 0.05) is 13.1 Å². The van der Waals surface area contributed by atoms with E-state index in [9.17, 15) is 0 Å². The average Bonchev–Trinajstić information content (AvgIpc) is 2.58.